The molecule has 11 heteroatoms. The normalized spacial score (nSPS) is 12.7. The van der Waals surface area contributed by atoms with Gasteiger partial charge in [-0.1, -0.05) is 42.4 Å². The number of nitrogens with zero attached hydrogens (tertiary/aromatic N) is 7. The zero-order chi connectivity index (χ0) is 26.1. The SMILES string of the molecule is CCC(=NN=C(C)C(C)=NOCc1cccc(CO)c1)OCc1c(C)cccc1-n1nnn(C)c1=O. The van der Waals surface area contributed by atoms with Crippen molar-refractivity contribution >= 4 is 17.3 Å². The quantitative estimate of drug-likeness (QED) is 0.263. The van der Waals surface area contributed by atoms with Crippen LogP contribution in [0.2, 0.25) is 0 Å². The summed E-state index contributed by atoms with van der Waals surface area (Å²) in [6, 6.07) is 13.1. The van der Waals surface area contributed by atoms with E-state index in [1.54, 1.807) is 27.0 Å². The lowest BCUT2D eigenvalue weighted by Gasteiger charge is -2.13. The summed E-state index contributed by atoms with van der Waals surface area (Å²) in [6.07, 6.45) is 0.525. The van der Waals surface area contributed by atoms with Crippen LogP contribution in [0, 0.1) is 6.92 Å². The molecule has 0 saturated carbocycles. The van der Waals surface area contributed by atoms with Crippen LogP contribution in [0.4, 0.5) is 0 Å². The molecule has 190 valence electrons. The van der Waals surface area contributed by atoms with Crippen LogP contribution in [-0.4, -0.2) is 42.2 Å². The molecule has 1 N–H and O–H groups in total. The van der Waals surface area contributed by atoms with E-state index in [0.29, 0.717) is 29.4 Å². The molecule has 11 nitrogen and oxygen atoms in total. The number of aromatic nitrogens is 4. The highest BCUT2D eigenvalue weighted by molar-refractivity contribution is 6.40. The third-order valence-corrected chi connectivity index (χ3v) is 5.46. The molecule has 3 aromatic rings. The molecule has 0 fully saturated rings. The Labute approximate surface area is 209 Å². The van der Waals surface area contributed by atoms with Gasteiger partial charge < -0.3 is 14.7 Å². The monoisotopic (exact) mass is 493 g/mol. The molecule has 0 aliphatic heterocycles. The summed E-state index contributed by atoms with van der Waals surface area (Å²) in [6.45, 7) is 7.86. The lowest BCUT2D eigenvalue weighted by atomic mass is 10.1. The van der Waals surface area contributed by atoms with Crippen molar-refractivity contribution in [2.75, 3.05) is 0 Å². The molecular weight excluding hydrogens is 462 g/mol. The van der Waals surface area contributed by atoms with E-state index < -0.39 is 0 Å². The van der Waals surface area contributed by atoms with Gasteiger partial charge in [-0.15, -0.1) is 5.10 Å². The topological polar surface area (TPSA) is 128 Å². The van der Waals surface area contributed by atoms with Gasteiger partial charge in [-0.25, -0.2) is 4.79 Å². The first-order valence-corrected chi connectivity index (χ1v) is 11.5. The van der Waals surface area contributed by atoms with Gasteiger partial charge in [-0.05, 0) is 60.0 Å². The number of aryl methyl sites for hydroxylation is 2. The van der Waals surface area contributed by atoms with Gasteiger partial charge >= 0.3 is 5.69 Å². The maximum absolute atomic E-state index is 12.3. The second-order valence-electron chi connectivity index (χ2n) is 8.12. The maximum atomic E-state index is 12.3. The molecule has 0 atom stereocenters. The second-order valence-corrected chi connectivity index (χ2v) is 8.12. The van der Waals surface area contributed by atoms with Gasteiger partial charge in [0.05, 0.1) is 23.7 Å². The zero-order valence-electron chi connectivity index (χ0n) is 21.2. The van der Waals surface area contributed by atoms with E-state index in [2.05, 4.69) is 25.8 Å². The van der Waals surface area contributed by atoms with Crippen LogP contribution in [0.3, 0.4) is 0 Å². The van der Waals surface area contributed by atoms with Crippen LogP contribution in [-0.2, 0) is 36.4 Å². The number of aliphatic hydroxyl groups is 1. The number of benzene rings is 2. The number of oxime groups is 1. The zero-order valence-corrected chi connectivity index (χ0v) is 21.2. The largest absolute Gasteiger partial charge is 0.475 e. The molecule has 1 heterocycles. The smallest absolute Gasteiger partial charge is 0.368 e. The van der Waals surface area contributed by atoms with Crippen LogP contribution in [0.5, 0.6) is 0 Å². The third-order valence-electron chi connectivity index (χ3n) is 5.46. The standard InChI is InChI=1S/C25H31N7O4/c1-6-24(27-26-18(3)19(4)28-36-15-21-11-8-10-20(13-21)14-33)35-16-22-17(2)9-7-12-23(22)32-25(34)31(5)29-30-32/h7-13,33H,6,14-16H2,1-5H3. The lowest BCUT2D eigenvalue weighted by molar-refractivity contribution is 0.131. The fourth-order valence-electron chi connectivity index (χ4n) is 3.19. The molecule has 3 rings (SSSR count). The van der Waals surface area contributed by atoms with E-state index in [0.717, 1.165) is 22.3 Å². The summed E-state index contributed by atoms with van der Waals surface area (Å²) >= 11 is 0. The van der Waals surface area contributed by atoms with Crippen molar-refractivity contribution in [1.29, 1.82) is 0 Å². The van der Waals surface area contributed by atoms with Crippen molar-refractivity contribution in [3.05, 3.63) is 75.2 Å². The van der Waals surface area contributed by atoms with Crippen LogP contribution in [0.15, 0.2) is 62.6 Å². The Morgan fingerprint density at radius 1 is 1.03 bits per heavy atom. The summed E-state index contributed by atoms with van der Waals surface area (Å²) in [5.74, 6) is 0.435. The van der Waals surface area contributed by atoms with Crippen LogP contribution >= 0.6 is 0 Å². The molecule has 0 spiro atoms. The molecule has 0 amide bonds. The van der Waals surface area contributed by atoms with Crippen molar-refractivity contribution in [2.45, 2.75) is 53.9 Å². The number of ether oxygens (including phenoxy) is 1. The molecule has 2 aromatic carbocycles. The predicted octanol–water partition coefficient (Wildman–Crippen LogP) is 3.06. The van der Waals surface area contributed by atoms with E-state index >= 15 is 0 Å². The average Bonchev–Trinajstić information content (AvgIpc) is 3.22. The molecular formula is C25H31N7O4. The van der Waals surface area contributed by atoms with Gasteiger partial charge in [0.15, 0.2) is 0 Å². The summed E-state index contributed by atoms with van der Waals surface area (Å²) in [5.41, 5.74) is 4.90. The minimum absolute atomic E-state index is 0.0221. The van der Waals surface area contributed by atoms with E-state index in [1.165, 1.54) is 9.36 Å². The number of tetrazole rings is 1. The summed E-state index contributed by atoms with van der Waals surface area (Å²) in [4.78, 5) is 17.8. The van der Waals surface area contributed by atoms with Crippen molar-refractivity contribution in [2.24, 2.45) is 22.4 Å². The number of aliphatic hydroxyl groups excluding tert-OH is 1. The Bertz CT molecular complexity index is 1340. The first-order valence-electron chi connectivity index (χ1n) is 11.5. The lowest BCUT2D eigenvalue weighted by Crippen LogP contribution is -2.23. The molecule has 0 radical (unpaired) electrons. The van der Waals surface area contributed by atoms with Gasteiger partial charge in [-0.3, -0.25) is 0 Å². The van der Waals surface area contributed by atoms with Crippen LogP contribution in [0.1, 0.15) is 49.4 Å². The Morgan fingerprint density at radius 3 is 2.47 bits per heavy atom. The number of hydrogen-bond donors (Lipinski definition) is 1. The summed E-state index contributed by atoms with van der Waals surface area (Å²) in [7, 11) is 1.55. The van der Waals surface area contributed by atoms with Crippen molar-refractivity contribution < 1.29 is 14.7 Å². The fourth-order valence-corrected chi connectivity index (χ4v) is 3.19. The first-order chi connectivity index (χ1) is 17.3. The molecule has 0 unspecified atom stereocenters. The van der Waals surface area contributed by atoms with Gasteiger partial charge in [0.2, 0.25) is 5.90 Å². The first kappa shape index (κ1) is 26.5. The molecule has 0 bridgehead atoms. The maximum Gasteiger partial charge on any atom is 0.368 e. The average molecular weight is 494 g/mol. The molecule has 0 saturated heterocycles. The van der Waals surface area contributed by atoms with Crippen molar-refractivity contribution in [3.63, 3.8) is 0 Å². The number of hydrogen-bond acceptors (Lipinski definition) is 9. The predicted molar refractivity (Wildman–Crippen MR) is 137 cm³/mol. The van der Waals surface area contributed by atoms with Gasteiger partial charge in [0.1, 0.15) is 13.2 Å². The Hall–Kier alpha value is -4.12. The van der Waals surface area contributed by atoms with Crippen molar-refractivity contribution in [3.8, 4) is 5.69 Å². The van der Waals surface area contributed by atoms with Crippen molar-refractivity contribution in [1.82, 2.24) is 19.8 Å². The van der Waals surface area contributed by atoms with E-state index in [1.807, 2.05) is 50.2 Å². The molecule has 36 heavy (non-hydrogen) atoms. The fraction of sp³-hybridized carbons (Fsp3) is 0.360. The number of rotatable bonds is 10. The Balaban J connectivity index is 1.67. The van der Waals surface area contributed by atoms with E-state index in [-0.39, 0.29) is 25.5 Å². The van der Waals surface area contributed by atoms with E-state index in [9.17, 15) is 9.90 Å². The highest BCUT2D eigenvalue weighted by Crippen LogP contribution is 2.18. The highest BCUT2D eigenvalue weighted by atomic mass is 16.6. The van der Waals surface area contributed by atoms with Crippen LogP contribution in [0.25, 0.3) is 5.69 Å². The van der Waals surface area contributed by atoms with Gasteiger partial charge in [-0.2, -0.15) is 14.5 Å². The molecule has 0 aliphatic carbocycles. The summed E-state index contributed by atoms with van der Waals surface area (Å²) in [5, 5.41) is 29.5. The molecule has 1 aromatic heterocycles. The highest BCUT2D eigenvalue weighted by Gasteiger charge is 2.14. The minimum Gasteiger partial charge on any atom is -0.475 e. The second kappa shape index (κ2) is 12.5. The molecule has 0 aliphatic rings. The van der Waals surface area contributed by atoms with Crippen LogP contribution < -0.4 is 5.69 Å². The Morgan fingerprint density at radius 2 is 1.78 bits per heavy atom. The Kier molecular flexibility index (Phi) is 9.23. The minimum atomic E-state index is -0.343. The van der Waals surface area contributed by atoms with Gasteiger partial charge in [0.25, 0.3) is 0 Å². The summed E-state index contributed by atoms with van der Waals surface area (Å²) < 4.78 is 8.36. The third kappa shape index (κ3) is 6.72. The van der Waals surface area contributed by atoms with E-state index in [4.69, 9.17) is 9.57 Å². The van der Waals surface area contributed by atoms with Gasteiger partial charge in [0, 0.05) is 19.0 Å².